The average molecular weight is 384 g/mol. The third-order valence-electron chi connectivity index (χ3n) is 2.73. The van der Waals surface area contributed by atoms with E-state index >= 15 is 0 Å². The summed E-state index contributed by atoms with van der Waals surface area (Å²) in [6.07, 6.45) is 0. The Morgan fingerprint density at radius 3 is 2.53 bits per heavy atom. The van der Waals surface area contributed by atoms with Crippen molar-refractivity contribution in [1.82, 2.24) is 4.98 Å². The molecule has 0 bridgehead atoms. The minimum atomic E-state index is -0.128. The van der Waals surface area contributed by atoms with Gasteiger partial charge < -0.3 is 5.32 Å². The Hall–Kier alpha value is -1.20. The van der Waals surface area contributed by atoms with Gasteiger partial charge in [0, 0.05) is 10.0 Å². The number of anilines is 1. The highest BCUT2D eigenvalue weighted by Crippen LogP contribution is 2.20. The van der Waals surface area contributed by atoms with Gasteiger partial charge in [0.15, 0.2) is 0 Å². The summed E-state index contributed by atoms with van der Waals surface area (Å²) < 4.78 is 1.71. The fourth-order valence-corrected chi connectivity index (χ4v) is 2.61. The molecule has 1 heterocycles. The van der Waals surface area contributed by atoms with Gasteiger partial charge in [-0.25, -0.2) is 4.98 Å². The van der Waals surface area contributed by atoms with Crippen molar-refractivity contribution in [3.8, 4) is 0 Å². The van der Waals surface area contributed by atoms with Crippen molar-refractivity contribution in [3.05, 3.63) is 56.2 Å². The van der Waals surface area contributed by atoms with Crippen LogP contribution in [0.2, 0.25) is 0 Å². The van der Waals surface area contributed by atoms with E-state index in [4.69, 9.17) is 0 Å². The maximum absolute atomic E-state index is 12.2. The van der Waals surface area contributed by atoms with Gasteiger partial charge in [0.1, 0.15) is 4.60 Å². The maximum atomic E-state index is 12.2. The first-order chi connectivity index (χ1) is 8.97. The van der Waals surface area contributed by atoms with Gasteiger partial charge >= 0.3 is 0 Å². The van der Waals surface area contributed by atoms with Crippen LogP contribution in [-0.4, -0.2) is 10.9 Å². The first kappa shape index (κ1) is 14.2. The van der Waals surface area contributed by atoms with Gasteiger partial charge in [0.05, 0.1) is 11.4 Å². The quantitative estimate of drug-likeness (QED) is 0.777. The standard InChI is InChI=1S/C14H12Br2N2O/c1-8-7-10(15)3-4-11(8)14(19)18-12-5-6-13(16)17-9(12)2/h3-7H,1-2H3,(H,18,19). The topological polar surface area (TPSA) is 42.0 Å². The zero-order valence-electron chi connectivity index (χ0n) is 10.5. The van der Waals surface area contributed by atoms with E-state index in [0.29, 0.717) is 5.56 Å². The van der Waals surface area contributed by atoms with Crippen LogP contribution in [0.5, 0.6) is 0 Å². The Bertz CT molecular complexity index is 641. The summed E-state index contributed by atoms with van der Waals surface area (Å²) in [4.78, 5) is 16.5. The van der Waals surface area contributed by atoms with E-state index in [1.54, 1.807) is 12.1 Å². The predicted molar refractivity (Wildman–Crippen MR) is 83.5 cm³/mol. The second kappa shape index (κ2) is 5.84. The van der Waals surface area contributed by atoms with Crippen LogP contribution < -0.4 is 5.32 Å². The molecule has 0 saturated carbocycles. The number of hydrogen-bond donors (Lipinski definition) is 1. The maximum Gasteiger partial charge on any atom is 0.255 e. The van der Waals surface area contributed by atoms with Crippen molar-refractivity contribution < 1.29 is 4.79 Å². The van der Waals surface area contributed by atoms with E-state index < -0.39 is 0 Å². The van der Waals surface area contributed by atoms with Crippen LogP contribution in [0.25, 0.3) is 0 Å². The number of halogens is 2. The molecule has 2 rings (SSSR count). The molecule has 1 aromatic carbocycles. The molecule has 2 aromatic rings. The van der Waals surface area contributed by atoms with Gasteiger partial charge in [-0.2, -0.15) is 0 Å². The van der Waals surface area contributed by atoms with E-state index in [0.717, 1.165) is 26.0 Å². The molecule has 0 radical (unpaired) electrons. The Balaban J connectivity index is 2.25. The molecule has 98 valence electrons. The van der Waals surface area contributed by atoms with E-state index in [2.05, 4.69) is 42.2 Å². The first-order valence-corrected chi connectivity index (χ1v) is 7.26. The smallest absolute Gasteiger partial charge is 0.255 e. The molecule has 0 atom stereocenters. The molecule has 1 amide bonds. The van der Waals surface area contributed by atoms with Gasteiger partial charge in [0.2, 0.25) is 0 Å². The molecule has 0 fully saturated rings. The van der Waals surface area contributed by atoms with Crippen molar-refractivity contribution in [2.24, 2.45) is 0 Å². The van der Waals surface area contributed by atoms with Gasteiger partial charge in [-0.15, -0.1) is 0 Å². The molecule has 0 aliphatic heterocycles. The van der Waals surface area contributed by atoms with Crippen molar-refractivity contribution in [3.63, 3.8) is 0 Å². The minimum Gasteiger partial charge on any atom is -0.320 e. The zero-order chi connectivity index (χ0) is 14.0. The summed E-state index contributed by atoms with van der Waals surface area (Å²) in [5.41, 5.74) is 3.08. The van der Waals surface area contributed by atoms with Crippen LogP contribution in [0.1, 0.15) is 21.6 Å². The lowest BCUT2D eigenvalue weighted by molar-refractivity contribution is 0.102. The van der Waals surface area contributed by atoms with Crippen LogP contribution in [0.4, 0.5) is 5.69 Å². The minimum absolute atomic E-state index is 0.128. The van der Waals surface area contributed by atoms with Gasteiger partial charge in [-0.05, 0) is 65.7 Å². The molecule has 0 aliphatic carbocycles. The number of carbonyl (C=O) groups is 1. The average Bonchev–Trinajstić information content (AvgIpc) is 2.32. The van der Waals surface area contributed by atoms with Crippen molar-refractivity contribution in [1.29, 1.82) is 0 Å². The van der Waals surface area contributed by atoms with Crippen LogP contribution in [0.3, 0.4) is 0 Å². The van der Waals surface area contributed by atoms with E-state index in [9.17, 15) is 4.79 Å². The summed E-state index contributed by atoms with van der Waals surface area (Å²) >= 11 is 6.68. The number of pyridine rings is 1. The lowest BCUT2D eigenvalue weighted by atomic mass is 10.1. The second-order valence-corrected chi connectivity index (χ2v) is 5.91. The number of benzene rings is 1. The Morgan fingerprint density at radius 1 is 1.16 bits per heavy atom. The molecule has 19 heavy (non-hydrogen) atoms. The van der Waals surface area contributed by atoms with E-state index in [1.165, 1.54) is 0 Å². The molecule has 0 unspecified atom stereocenters. The van der Waals surface area contributed by atoms with Gasteiger partial charge in [-0.1, -0.05) is 15.9 Å². The van der Waals surface area contributed by atoms with Crippen LogP contribution >= 0.6 is 31.9 Å². The lowest BCUT2D eigenvalue weighted by Crippen LogP contribution is -2.14. The number of aryl methyl sites for hydroxylation is 2. The zero-order valence-corrected chi connectivity index (χ0v) is 13.7. The summed E-state index contributed by atoms with van der Waals surface area (Å²) in [5.74, 6) is -0.128. The van der Waals surface area contributed by atoms with E-state index in [1.807, 2.05) is 32.0 Å². The Kier molecular flexibility index (Phi) is 4.37. The molecular formula is C14H12Br2N2O. The normalized spacial score (nSPS) is 10.3. The van der Waals surface area contributed by atoms with Gasteiger partial charge in [-0.3, -0.25) is 4.79 Å². The second-order valence-electron chi connectivity index (χ2n) is 4.18. The molecule has 0 spiro atoms. The monoisotopic (exact) mass is 382 g/mol. The third-order valence-corrected chi connectivity index (χ3v) is 3.67. The molecule has 5 heteroatoms. The fourth-order valence-electron chi connectivity index (χ4n) is 1.73. The number of hydrogen-bond acceptors (Lipinski definition) is 2. The Labute approximate surface area is 128 Å². The molecular weight excluding hydrogens is 372 g/mol. The predicted octanol–water partition coefficient (Wildman–Crippen LogP) is 4.48. The Morgan fingerprint density at radius 2 is 1.89 bits per heavy atom. The number of aromatic nitrogens is 1. The number of rotatable bonds is 2. The molecule has 0 saturated heterocycles. The number of amides is 1. The number of nitrogens with one attached hydrogen (secondary N) is 1. The van der Waals surface area contributed by atoms with Gasteiger partial charge in [0.25, 0.3) is 5.91 Å². The summed E-state index contributed by atoms with van der Waals surface area (Å²) in [5, 5.41) is 2.88. The number of nitrogens with zero attached hydrogens (tertiary/aromatic N) is 1. The summed E-state index contributed by atoms with van der Waals surface area (Å²) in [6.45, 7) is 3.77. The largest absolute Gasteiger partial charge is 0.320 e. The summed E-state index contributed by atoms with van der Waals surface area (Å²) in [7, 11) is 0. The SMILES string of the molecule is Cc1cc(Br)ccc1C(=O)Nc1ccc(Br)nc1C. The van der Waals surface area contributed by atoms with Crippen molar-refractivity contribution in [2.75, 3.05) is 5.32 Å². The fraction of sp³-hybridized carbons (Fsp3) is 0.143. The summed E-state index contributed by atoms with van der Waals surface area (Å²) in [6, 6.07) is 9.21. The number of carbonyl (C=O) groups excluding carboxylic acids is 1. The molecule has 1 N–H and O–H groups in total. The van der Waals surface area contributed by atoms with Crippen LogP contribution in [-0.2, 0) is 0 Å². The van der Waals surface area contributed by atoms with Crippen LogP contribution in [0, 0.1) is 13.8 Å². The highest BCUT2D eigenvalue weighted by molar-refractivity contribution is 9.10. The molecule has 3 nitrogen and oxygen atoms in total. The van der Waals surface area contributed by atoms with Crippen LogP contribution in [0.15, 0.2) is 39.4 Å². The third kappa shape index (κ3) is 3.42. The first-order valence-electron chi connectivity index (χ1n) is 5.68. The van der Waals surface area contributed by atoms with Crippen molar-refractivity contribution >= 4 is 43.5 Å². The molecule has 0 aliphatic rings. The highest BCUT2D eigenvalue weighted by atomic mass is 79.9. The van der Waals surface area contributed by atoms with E-state index in [-0.39, 0.29) is 5.91 Å². The molecule has 1 aromatic heterocycles. The highest BCUT2D eigenvalue weighted by Gasteiger charge is 2.11. The lowest BCUT2D eigenvalue weighted by Gasteiger charge is -2.10. The van der Waals surface area contributed by atoms with Crippen molar-refractivity contribution in [2.45, 2.75) is 13.8 Å².